The van der Waals surface area contributed by atoms with E-state index in [0.29, 0.717) is 11.2 Å². The van der Waals surface area contributed by atoms with Crippen molar-refractivity contribution >= 4 is 17.3 Å². The van der Waals surface area contributed by atoms with Crippen LogP contribution in [0.1, 0.15) is 32.6 Å². The van der Waals surface area contributed by atoms with Crippen molar-refractivity contribution in [1.29, 1.82) is 0 Å². The number of H-pyrrole nitrogens is 1. The molecule has 0 amide bonds. The van der Waals surface area contributed by atoms with Crippen molar-refractivity contribution in [2.24, 2.45) is 0 Å². The van der Waals surface area contributed by atoms with E-state index in [1.54, 1.807) is 12.4 Å². The van der Waals surface area contributed by atoms with Crippen LogP contribution < -0.4 is 10.6 Å². The van der Waals surface area contributed by atoms with Crippen molar-refractivity contribution in [3.8, 4) is 0 Å². The van der Waals surface area contributed by atoms with Gasteiger partial charge in [0.2, 0.25) is 0 Å². The summed E-state index contributed by atoms with van der Waals surface area (Å²) in [5.74, 6) is 0.887. The second-order valence-corrected chi connectivity index (χ2v) is 3.88. The molecule has 0 bridgehead atoms. The van der Waals surface area contributed by atoms with E-state index in [9.17, 15) is 0 Å². The van der Waals surface area contributed by atoms with Crippen LogP contribution in [0.4, 0.5) is 0 Å². The van der Waals surface area contributed by atoms with E-state index in [4.69, 9.17) is 12.2 Å². The maximum atomic E-state index is 5.12. The van der Waals surface area contributed by atoms with Gasteiger partial charge in [-0.1, -0.05) is 0 Å². The third kappa shape index (κ3) is 3.33. The quantitative estimate of drug-likeness (QED) is 0.662. The lowest BCUT2D eigenvalue weighted by Gasteiger charge is -2.16. The molecule has 0 saturated heterocycles. The Morgan fingerprint density at radius 3 is 2.64 bits per heavy atom. The highest BCUT2D eigenvalue weighted by atomic mass is 32.1. The van der Waals surface area contributed by atoms with Gasteiger partial charge in [0.15, 0.2) is 5.11 Å². The number of thiocarbonyl (C=S) groups is 1. The lowest BCUT2D eigenvalue weighted by atomic mass is 10.3. The van der Waals surface area contributed by atoms with Crippen LogP contribution in [0.15, 0.2) is 12.4 Å². The lowest BCUT2D eigenvalue weighted by Crippen LogP contribution is -2.40. The standard InChI is InChI=1S/C9H16N4S/c1-6(2)12-9(14)13-7(3)8-10-4-5-11-8/h4-7H,1-3H3,(H,10,11)(H2,12,13,14). The number of nitrogens with zero attached hydrogens (tertiary/aromatic N) is 1. The Bertz CT molecular complexity index is 281. The maximum absolute atomic E-state index is 5.12. The van der Waals surface area contributed by atoms with E-state index in [0.717, 1.165) is 5.82 Å². The minimum atomic E-state index is 0.101. The highest BCUT2D eigenvalue weighted by Crippen LogP contribution is 2.04. The van der Waals surface area contributed by atoms with Gasteiger partial charge in [-0.2, -0.15) is 0 Å². The van der Waals surface area contributed by atoms with Crippen molar-refractivity contribution in [2.45, 2.75) is 32.9 Å². The minimum Gasteiger partial charge on any atom is -0.361 e. The zero-order valence-corrected chi connectivity index (χ0v) is 9.48. The average Bonchev–Trinajstić information content (AvgIpc) is 2.53. The maximum Gasteiger partial charge on any atom is 0.167 e. The van der Waals surface area contributed by atoms with Crippen LogP contribution in [0.25, 0.3) is 0 Å². The van der Waals surface area contributed by atoms with Crippen LogP contribution in [0.2, 0.25) is 0 Å². The van der Waals surface area contributed by atoms with Gasteiger partial charge in [0.25, 0.3) is 0 Å². The Kier molecular flexibility index (Phi) is 3.88. The molecule has 1 rings (SSSR count). The highest BCUT2D eigenvalue weighted by Gasteiger charge is 2.08. The molecule has 0 aliphatic heterocycles. The molecule has 14 heavy (non-hydrogen) atoms. The largest absolute Gasteiger partial charge is 0.361 e. The fourth-order valence-corrected chi connectivity index (χ4v) is 1.50. The normalized spacial score (nSPS) is 12.6. The fraction of sp³-hybridized carbons (Fsp3) is 0.556. The van der Waals surface area contributed by atoms with E-state index in [1.165, 1.54) is 0 Å². The summed E-state index contributed by atoms with van der Waals surface area (Å²) >= 11 is 5.12. The number of nitrogens with one attached hydrogen (secondary N) is 3. The molecule has 4 nitrogen and oxygen atoms in total. The van der Waals surface area contributed by atoms with Crippen LogP contribution in [0, 0.1) is 0 Å². The first-order chi connectivity index (χ1) is 6.59. The molecular weight excluding hydrogens is 196 g/mol. The van der Waals surface area contributed by atoms with Gasteiger partial charge in [0, 0.05) is 18.4 Å². The average molecular weight is 212 g/mol. The van der Waals surface area contributed by atoms with Gasteiger partial charge in [-0.3, -0.25) is 0 Å². The van der Waals surface area contributed by atoms with Crippen LogP contribution in [0.3, 0.4) is 0 Å². The van der Waals surface area contributed by atoms with Crippen LogP contribution in [-0.4, -0.2) is 21.1 Å². The van der Waals surface area contributed by atoms with E-state index >= 15 is 0 Å². The van der Waals surface area contributed by atoms with Gasteiger partial charge in [-0.25, -0.2) is 4.98 Å². The third-order valence-electron chi connectivity index (χ3n) is 1.70. The van der Waals surface area contributed by atoms with Gasteiger partial charge < -0.3 is 15.6 Å². The number of aromatic nitrogens is 2. The fourth-order valence-electron chi connectivity index (χ4n) is 1.08. The summed E-state index contributed by atoms with van der Waals surface area (Å²) in [5.41, 5.74) is 0. The second-order valence-electron chi connectivity index (χ2n) is 3.47. The van der Waals surface area contributed by atoms with Gasteiger partial charge in [-0.15, -0.1) is 0 Å². The minimum absolute atomic E-state index is 0.101. The predicted octanol–water partition coefficient (Wildman–Crippen LogP) is 1.34. The summed E-state index contributed by atoms with van der Waals surface area (Å²) in [6.45, 7) is 6.10. The van der Waals surface area contributed by atoms with Crippen molar-refractivity contribution in [3.63, 3.8) is 0 Å². The van der Waals surface area contributed by atoms with Crippen LogP contribution >= 0.6 is 12.2 Å². The molecular formula is C9H16N4S. The molecule has 1 aromatic rings. The zero-order chi connectivity index (χ0) is 10.6. The van der Waals surface area contributed by atoms with Gasteiger partial charge in [-0.05, 0) is 33.0 Å². The molecule has 1 heterocycles. The molecule has 0 saturated carbocycles. The molecule has 1 unspecified atom stereocenters. The highest BCUT2D eigenvalue weighted by molar-refractivity contribution is 7.80. The molecule has 0 aliphatic carbocycles. The SMILES string of the molecule is CC(C)NC(=S)NC(C)c1ncc[nH]1. The summed E-state index contributed by atoms with van der Waals surface area (Å²) in [5, 5.41) is 6.91. The molecule has 78 valence electrons. The first-order valence-corrected chi connectivity index (χ1v) is 5.06. The van der Waals surface area contributed by atoms with E-state index in [-0.39, 0.29) is 6.04 Å². The first-order valence-electron chi connectivity index (χ1n) is 4.66. The zero-order valence-electron chi connectivity index (χ0n) is 8.66. The Morgan fingerprint density at radius 1 is 1.43 bits per heavy atom. The number of hydrogen-bond acceptors (Lipinski definition) is 2. The first kappa shape index (κ1) is 11.0. The molecule has 3 N–H and O–H groups in total. The second kappa shape index (κ2) is 4.95. The molecule has 5 heteroatoms. The Labute approximate surface area is 89.5 Å². The molecule has 0 radical (unpaired) electrons. The lowest BCUT2D eigenvalue weighted by molar-refractivity contribution is 0.639. The topological polar surface area (TPSA) is 52.7 Å². The van der Waals surface area contributed by atoms with E-state index in [1.807, 2.05) is 20.8 Å². The predicted molar refractivity (Wildman–Crippen MR) is 61.0 cm³/mol. The van der Waals surface area contributed by atoms with Crippen molar-refractivity contribution < 1.29 is 0 Å². The van der Waals surface area contributed by atoms with E-state index < -0.39 is 0 Å². The van der Waals surface area contributed by atoms with Gasteiger partial charge in [0.1, 0.15) is 5.82 Å². The Morgan fingerprint density at radius 2 is 2.14 bits per heavy atom. The molecule has 0 spiro atoms. The molecule has 0 fully saturated rings. The summed E-state index contributed by atoms with van der Waals surface area (Å²) in [7, 11) is 0. The smallest absolute Gasteiger partial charge is 0.167 e. The van der Waals surface area contributed by atoms with Crippen LogP contribution in [0.5, 0.6) is 0 Å². The van der Waals surface area contributed by atoms with Gasteiger partial charge in [0.05, 0.1) is 6.04 Å². The number of aromatic amines is 1. The van der Waals surface area contributed by atoms with Crippen molar-refractivity contribution in [1.82, 2.24) is 20.6 Å². The molecule has 0 aliphatic rings. The Balaban J connectivity index is 2.41. The Hall–Kier alpha value is -1.10. The molecule has 1 aromatic heterocycles. The number of hydrogen-bond donors (Lipinski definition) is 3. The van der Waals surface area contributed by atoms with Crippen LogP contribution in [-0.2, 0) is 0 Å². The van der Waals surface area contributed by atoms with Gasteiger partial charge >= 0.3 is 0 Å². The summed E-state index contributed by atoms with van der Waals surface area (Å²) in [4.78, 5) is 7.18. The summed E-state index contributed by atoms with van der Waals surface area (Å²) < 4.78 is 0. The monoisotopic (exact) mass is 212 g/mol. The van der Waals surface area contributed by atoms with E-state index in [2.05, 4.69) is 20.6 Å². The number of imidazole rings is 1. The number of rotatable bonds is 3. The van der Waals surface area contributed by atoms with Crippen molar-refractivity contribution in [2.75, 3.05) is 0 Å². The summed E-state index contributed by atoms with van der Waals surface area (Å²) in [6, 6.07) is 0.447. The third-order valence-corrected chi connectivity index (χ3v) is 1.93. The van der Waals surface area contributed by atoms with Crippen molar-refractivity contribution in [3.05, 3.63) is 18.2 Å². The molecule has 1 atom stereocenters. The summed E-state index contributed by atoms with van der Waals surface area (Å²) in [6.07, 6.45) is 3.53. The molecule has 0 aromatic carbocycles.